The summed E-state index contributed by atoms with van der Waals surface area (Å²) in [5.41, 5.74) is 1.35. The molecular weight excluding hydrogens is 254 g/mol. The lowest BCUT2D eigenvalue weighted by molar-refractivity contribution is 0.188. The van der Waals surface area contributed by atoms with Gasteiger partial charge in [0.2, 0.25) is 0 Å². The number of hydrogen-bond donors (Lipinski definition) is 0. The standard InChI is InChI=1S/C15H33NO2Si/c1-7-15(13-14(4)5)16-11-10-12-19(6,17-8-2)18-9-3/h14H,7-13H2,1-6H3. The third-order valence-electron chi connectivity index (χ3n) is 3.08. The summed E-state index contributed by atoms with van der Waals surface area (Å²) >= 11 is 0. The van der Waals surface area contributed by atoms with E-state index in [1.807, 2.05) is 13.8 Å². The van der Waals surface area contributed by atoms with E-state index < -0.39 is 8.56 Å². The van der Waals surface area contributed by atoms with Gasteiger partial charge < -0.3 is 8.85 Å². The van der Waals surface area contributed by atoms with Gasteiger partial charge in [0.15, 0.2) is 0 Å². The molecule has 0 aliphatic rings. The lowest BCUT2D eigenvalue weighted by atomic mass is 10.1. The molecule has 0 spiro atoms. The Hall–Kier alpha value is -0.193. The Labute approximate surface area is 121 Å². The van der Waals surface area contributed by atoms with Crippen molar-refractivity contribution in [1.29, 1.82) is 0 Å². The number of hydrogen-bond acceptors (Lipinski definition) is 3. The highest BCUT2D eigenvalue weighted by atomic mass is 28.4. The topological polar surface area (TPSA) is 30.8 Å². The van der Waals surface area contributed by atoms with Crippen molar-refractivity contribution in [3.63, 3.8) is 0 Å². The maximum atomic E-state index is 5.84. The second kappa shape index (κ2) is 10.6. The van der Waals surface area contributed by atoms with Gasteiger partial charge in [-0.1, -0.05) is 20.8 Å². The first kappa shape index (κ1) is 18.8. The monoisotopic (exact) mass is 287 g/mol. The predicted octanol–water partition coefficient (Wildman–Crippen LogP) is 4.42. The summed E-state index contributed by atoms with van der Waals surface area (Å²) in [6, 6.07) is 1.04. The van der Waals surface area contributed by atoms with Crippen LogP contribution in [0.1, 0.15) is 53.9 Å². The van der Waals surface area contributed by atoms with Gasteiger partial charge in [-0.2, -0.15) is 0 Å². The van der Waals surface area contributed by atoms with E-state index in [4.69, 9.17) is 13.8 Å². The van der Waals surface area contributed by atoms with Gasteiger partial charge in [0.25, 0.3) is 0 Å². The van der Waals surface area contributed by atoms with Crippen LogP contribution in [0.15, 0.2) is 4.99 Å². The van der Waals surface area contributed by atoms with Crippen LogP contribution in [-0.4, -0.2) is 34.0 Å². The summed E-state index contributed by atoms with van der Waals surface area (Å²) in [5, 5.41) is 0. The Morgan fingerprint density at radius 1 is 1.11 bits per heavy atom. The Morgan fingerprint density at radius 2 is 1.68 bits per heavy atom. The fraction of sp³-hybridized carbons (Fsp3) is 0.933. The highest BCUT2D eigenvalue weighted by molar-refractivity contribution is 6.66. The van der Waals surface area contributed by atoms with Gasteiger partial charge in [-0.05, 0) is 51.6 Å². The molecule has 3 nitrogen and oxygen atoms in total. The van der Waals surface area contributed by atoms with Crippen LogP contribution in [-0.2, 0) is 8.85 Å². The minimum atomic E-state index is -1.93. The van der Waals surface area contributed by atoms with Gasteiger partial charge in [-0.15, -0.1) is 0 Å². The zero-order valence-electron chi connectivity index (χ0n) is 13.8. The summed E-state index contributed by atoms with van der Waals surface area (Å²) in [6.07, 6.45) is 3.27. The molecule has 0 aromatic heterocycles. The Kier molecular flexibility index (Phi) is 10.5. The van der Waals surface area contributed by atoms with Crippen LogP contribution in [0.3, 0.4) is 0 Å². The van der Waals surface area contributed by atoms with Crippen LogP contribution in [0.5, 0.6) is 0 Å². The molecule has 0 heterocycles. The van der Waals surface area contributed by atoms with Crippen LogP contribution >= 0.6 is 0 Å². The first-order valence-corrected chi connectivity index (χ1v) is 10.3. The maximum Gasteiger partial charge on any atom is 0.334 e. The lowest BCUT2D eigenvalue weighted by Crippen LogP contribution is -2.38. The maximum absolute atomic E-state index is 5.84. The average Bonchev–Trinajstić information content (AvgIpc) is 2.33. The third-order valence-corrected chi connectivity index (χ3v) is 6.14. The molecule has 0 aliphatic heterocycles. The van der Waals surface area contributed by atoms with E-state index in [-0.39, 0.29) is 0 Å². The Balaban J connectivity index is 4.13. The van der Waals surface area contributed by atoms with Crippen molar-refractivity contribution < 1.29 is 8.85 Å². The van der Waals surface area contributed by atoms with E-state index in [1.165, 1.54) is 5.71 Å². The van der Waals surface area contributed by atoms with E-state index in [0.717, 1.165) is 45.1 Å². The van der Waals surface area contributed by atoms with Crippen LogP contribution in [0.25, 0.3) is 0 Å². The van der Waals surface area contributed by atoms with E-state index in [2.05, 4.69) is 27.3 Å². The molecule has 114 valence electrons. The molecule has 0 bridgehead atoms. The van der Waals surface area contributed by atoms with Crippen molar-refractivity contribution in [1.82, 2.24) is 0 Å². The molecule has 0 unspecified atom stereocenters. The molecular formula is C15H33NO2Si. The van der Waals surface area contributed by atoms with E-state index in [1.54, 1.807) is 0 Å². The van der Waals surface area contributed by atoms with Gasteiger partial charge in [-0.3, -0.25) is 4.99 Å². The van der Waals surface area contributed by atoms with Gasteiger partial charge >= 0.3 is 8.56 Å². The minimum Gasteiger partial charge on any atom is -0.395 e. The fourth-order valence-corrected chi connectivity index (χ4v) is 4.62. The molecule has 0 fully saturated rings. The molecule has 0 atom stereocenters. The highest BCUT2D eigenvalue weighted by Crippen LogP contribution is 2.16. The quantitative estimate of drug-likeness (QED) is 0.320. The van der Waals surface area contributed by atoms with E-state index in [0.29, 0.717) is 5.92 Å². The van der Waals surface area contributed by atoms with Crippen LogP contribution in [0.2, 0.25) is 12.6 Å². The molecule has 0 N–H and O–H groups in total. The van der Waals surface area contributed by atoms with Crippen molar-refractivity contribution in [3.05, 3.63) is 0 Å². The molecule has 4 heteroatoms. The third kappa shape index (κ3) is 9.36. The molecule has 0 saturated carbocycles. The first-order valence-electron chi connectivity index (χ1n) is 7.77. The second-order valence-electron chi connectivity index (χ2n) is 5.50. The summed E-state index contributed by atoms with van der Waals surface area (Å²) in [5.74, 6) is 0.699. The van der Waals surface area contributed by atoms with Crippen molar-refractivity contribution >= 4 is 14.3 Å². The van der Waals surface area contributed by atoms with Crippen molar-refractivity contribution in [2.75, 3.05) is 19.8 Å². The summed E-state index contributed by atoms with van der Waals surface area (Å²) in [4.78, 5) is 4.73. The van der Waals surface area contributed by atoms with Crippen LogP contribution in [0.4, 0.5) is 0 Å². The molecule has 0 amide bonds. The van der Waals surface area contributed by atoms with Crippen LogP contribution < -0.4 is 0 Å². The highest BCUT2D eigenvalue weighted by Gasteiger charge is 2.29. The summed E-state index contributed by atoms with van der Waals surface area (Å²) < 4.78 is 11.7. The number of rotatable bonds is 11. The van der Waals surface area contributed by atoms with Gasteiger partial charge in [0.05, 0.1) is 0 Å². The van der Waals surface area contributed by atoms with Gasteiger partial charge in [0.1, 0.15) is 0 Å². The zero-order chi connectivity index (χ0) is 14.7. The molecule has 0 aliphatic carbocycles. The fourth-order valence-electron chi connectivity index (χ4n) is 2.23. The molecule has 0 rings (SSSR count). The summed E-state index contributed by atoms with van der Waals surface area (Å²) in [7, 11) is -1.93. The van der Waals surface area contributed by atoms with Gasteiger partial charge in [-0.25, -0.2) is 0 Å². The van der Waals surface area contributed by atoms with Crippen molar-refractivity contribution in [3.8, 4) is 0 Å². The second-order valence-corrected chi connectivity index (χ2v) is 8.85. The largest absolute Gasteiger partial charge is 0.395 e. The minimum absolute atomic E-state index is 0.699. The average molecular weight is 288 g/mol. The predicted molar refractivity (Wildman–Crippen MR) is 86.3 cm³/mol. The van der Waals surface area contributed by atoms with Crippen molar-refractivity contribution in [2.24, 2.45) is 10.9 Å². The normalized spacial score (nSPS) is 13.3. The Morgan fingerprint density at radius 3 is 2.11 bits per heavy atom. The van der Waals surface area contributed by atoms with E-state index >= 15 is 0 Å². The summed E-state index contributed by atoms with van der Waals surface area (Å²) in [6.45, 7) is 15.4. The molecule has 0 saturated heterocycles. The number of aliphatic imine (C=N–C) groups is 1. The van der Waals surface area contributed by atoms with Gasteiger partial charge in [0, 0.05) is 25.5 Å². The molecule has 0 radical (unpaired) electrons. The zero-order valence-corrected chi connectivity index (χ0v) is 14.8. The Bertz CT molecular complexity index is 249. The molecule has 0 aromatic carbocycles. The first-order chi connectivity index (χ1) is 8.97. The van der Waals surface area contributed by atoms with E-state index in [9.17, 15) is 0 Å². The lowest BCUT2D eigenvalue weighted by Gasteiger charge is -2.25. The molecule has 0 aromatic rings. The molecule has 19 heavy (non-hydrogen) atoms. The van der Waals surface area contributed by atoms with Crippen LogP contribution in [0, 0.1) is 5.92 Å². The smallest absolute Gasteiger partial charge is 0.334 e. The van der Waals surface area contributed by atoms with Crippen molar-refractivity contribution in [2.45, 2.75) is 66.5 Å². The SMILES string of the molecule is CCO[Si](C)(CCCN=C(CC)CC(C)C)OCC. The number of nitrogens with zero attached hydrogens (tertiary/aromatic N) is 1.